The van der Waals surface area contributed by atoms with E-state index in [9.17, 15) is 18.7 Å². The number of carbonyl (C=O) groups is 1. The summed E-state index contributed by atoms with van der Waals surface area (Å²) in [6.07, 6.45) is 0. The number of aromatic hydroxyl groups is 1. The lowest BCUT2D eigenvalue weighted by atomic mass is 9.98. The van der Waals surface area contributed by atoms with Crippen molar-refractivity contribution in [3.8, 4) is 5.75 Å². The van der Waals surface area contributed by atoms with Crippen LogP contribution in [0.1, 0.15) is 24.1 Å². The Morgan fingerprint density at radius 3 is 2.63 bits per heavy atom. The summed E-state index contributed by atoms with van der Waals surface area (Å²) in [4.78, 5) is 11.1. The first-order valence-electron chi connectivity index (χ1n) is 5.40. The van der Waals surface area contributed by atoms with Crippen molar-refractivity contribution in [2.45, 2.75) is 25.8 Å². The summed E-state index contributed by atoms with van der Waals surface area (Å²) < 4.78 is 31.6. The number of nitrogens with two attached hydrogens (primary N) is 1. The van der Waals surface area contributed by atoms with Crippen molar-refractivity contribution in [3.05, 3.63) is 29.3 Å². The number of phenols is 1. The molecule has 0 heterocycles. The average Bonchev–Trinajstić information content (AvgIpc) is 2.31. The molecule has 0 aliphatic rings. The standard InChI is InChI=1S/C12H15F2NO3.ClH/c1-3-18-11(17)12(13,14)10(15)8-6-7(2)4-5-9(8)16;/h4-6,10,16H,3,15H2,1-2H3;1H/t10-;/m1./s1. The van der Waals surface area contributed by atoms with Crippen LogP contribution in [0.5, 0.6) is 5.75 Å². The van der Waals surface area contributed by atoms with Crippen LogP contribution in [-0.4, -0.2) is 23.6 Å². The van der Waals surface area contributed by atoms with Gasteiger partial charge >= 0.3 is 11.9 Å². The van der Waals surface area contributed by atoms with Crippen molar-refractivity contribution in [2.75, 3.05) is 6.61 Å². The summed E-state index contributed by atoms with van der Waals surface area (Å²) in [5.41, 5.74) is 5.83. The van der Waals surface area contributed by atoms with E-state index in [1.165, 1.54) is 19.1 Å². The Bertz CT molecular complexity index is 455. The first-order chi connectivity index (χ1) is 8.30. The Labute approximate surface area is 116 Å². The molecule has 1 aromatic carbocycles. The second-order valence-corrected chi connectivity index (χ2v) is 3.88. The third-order valence-corrected chi connectivity index (χ3v) is 2.46. The number of halogens is 3. The second kappa shape index (κ2) is 6.68. The second-order valence-electron chi connectivity index (χ2n) is 3.88. The summed E-state index contributed by atoms with van der Waals surface area (Å²) in [5.74, 6) is -5.96. The van der Waals surface area contributed by atoms with Gasteiger partial charge in [-0.1, -0.05) is 17.7 Å². The van der Waals surface area contributed by atoms with Gasteiger partial charge in [-0.3, -0.25) is 0 Å². The average molecular weight is 296 g/mol. The minimum Gasteiger partial charge on any atom is -0.508 e. The van der Waals surface area contributed by atoms with E-state index in [4.69, 9.17) is 5.73 Å². The van der Waals surface area contributed by atoms with Crippen LogP contribution < -0.4 is 5.73 Å². The van der Waals surface area contributed by atoms with Crippen LogP contribution in [0.4, 0.5) is 8.78 Å². The number of hydrogen-bond acceptors (Lipinski definition) is 4. The van der Waals surface area contributed by atoms with E-state index in [2.05, 4.69) is 4.74 Å². The number of aryl methyl sites for hydroxylation is 1. The SMILES string of the molecule is CCOC(=O)C(F)(F)[C@H](N)c1cc(C)ccc1O.Cl. The highest BCUT2D eigenvalue weighted by Gasteiger charge is 2.48. The molecule has 0 aromatic heterocycles. The lowest BCUT2D eigenvalue weighted by Gasteiger charge is -2.22. The topological polar surface area (TPSA) is 72.5 Å². The van der Waals surface area contributed by atoms with Crippen LogP contribution in [0.2, 0.25) is 0 Å². The minimum absolute atomic E-state index is 0. The van der Waals surface area contributed by atoms with Gasteiger partial charge in [0.1, 0.15) is 11.8 Å². The molecule has 0 amide bonds. The third-order valence-electron chi connectivity index (χ3n) is 2.46. The summed E-state index contributed by atoms with van der Waals surface area (Å²) in [7, 11) is 0. The van der Waals surface area contributed by atoms with E-state index in [0.717, 1.165) is 0 Å². The summed E-state index contributed by atoms with van der Waals surface area (Å²) >= 11 is 0. The molecule has 0 unspecified atom stereocenters. The maximum Gasteiger partial charge on any atom is 0.379 e. The van der Waals surface area contributed by atoms with Crippen molar-refractivity contribution >= 4 is 18.4 Å². The lowest BCUT2D eigenvalue weighted by molar-refractivity contribution is -0.174. The molecule has 0 fully saturated rings. The van der Waals surface area contributed by atoms with Gasteiger partial charge in [0.15, 0.2) is 0 Å². The molecule has 0 spiro atoms. The summed E-state index contributed by atoms with van der Waals surface area (Å²) in [5, 5.41) is 9.51. The van der Waals surface area contributed by atoms with Gasteiger partial charge in [-0.25, -0.2) is 4.79 Å². The number of ether oxygens (including phenoxy) is 1. The lowest BCUT2D eigenvalue weighted by Crippen LogP contribution is -2.41. The zero-order valence-electron chi connectivity index (χ0n) is 10.5. The molecule has 19 heavy (non-hydrogen) atoms. The van der Waals surface area contributed by atoms with Gasteiger partial charge in [0.05, 0.1) is 6.61 Å². The van der Waals surface area contributed by atoms with E-state index >= 15 is 0 Å². The van der Waals surface area contributed by atoms with Gasteiger partial charge in [-0.15, -0.1) is 12.4 Å². The molecule has 0 radical (unpaired) electrons. The molecule has 0 aliphatic carbocycles. The molecule has 0 saturated heterocycles. The van der Waals surface area contributed by atoms with E-state index in [1.54, 1.807) is 13.0 Å². The van der Waals surface area contributed by atoms with Crippen LogP contribution >= 0.6 is 12.4 Å². The summed E-state index contributed by atoms with van der Waals surface area (Å²) in [6, 6.07) is 2.17. The predicted octanol–water partition coefficient (Wildman–Crippen LogP) is 2.32. The Morgan fingerprint density at radius 2 is 2.11 bits per heavy atom. The summed E-state index contributed by atoms with van der Waals surface area (Å²) in [6.45, 7) is 2.92. The molecule has 0 aliphatic heterocycles. The normalized spacial score (nSPS) is 12.5. The first kappa shape index (κ1) is 17.6. The first-order valence-corrected chi connectivity index (χ1v) is 5.40. The fraction of sp³-hybridized carbons (Fsp3) is 0.417. The van der Waals surface area contributed by atoms with Gasteiger partial charge in [0.2, 0.25) is 0 Å². The molecular weight excluding hydrogens is 280 g/mol. The van der Waals surface area contributed by atoms with Gasteiger partial charge in [0.25, 0.3) is 0 Å². The molecular formula is C12H16ClF2NO3. The molecule has 0 bridgehead atoms. The van der Waals surface area contributed by atoms with E-state index in [-0.39, 0.29) is 30.3 Å². The van der Waals surface area contributed by atoms with E-state index in [1.807, 2.05) is 0 Å². The van der Waals surface area contributed by atoms with Crippen molar-refractivity contribution < 1.29 is 23.4 Å². The van der Waals surface area contributed by atoms with Crippen molar-refractivity contribution in [3.63, 3.8) is 0 Å². The largest absolute Gasteiger partial charge is 0.508 e. The van der Waals surface area contributed by atoms with Gasteiger partial charge < -0.3 is 15.6 Å². The molecule has 1 rings (SSSR count). The molecule has 0 saturated carbocycles. The smallest absolute Gasteiger partial charge is 0.379 e. The molecule has 1 aromatic rings. The zero-order chi connectivity index (χ0) is 13.9. The van der Waals surface area contributed by atoms with E-state index in [0.29, 0.717) is 5.56 Å². The molecule has 7 heteroatoms. The predicted molar refractivity (Wildman–Crippen MR) is 68.6 cm³/mol. The number of alkyl halides is 2. The number of carbonyl (C=O) groups excluding carboxylic acids is 1. The molecule has 108 valence electrons. The maximum absolute atomic E-state index is 13.7. The quantitative estimate of drug-likeness (QED) is 0.836. The van der Waals surface area contributed by atoms with Crippen molar-refractivity contribution in [1.29, 1.82) is 0 Å². The van der Waals surface area contributed by atoms with Crippen LogP contribution in [-0.2, 0) is 9.53 Å². The zero-order valence-corrected chi connectivity index (χ0v) is 11.3. The van der Waals surface area contributed by atoms with Crippen LogP contribution in [0.15, 0.2) is 18.2 Å². The highest BCUT2D eigenvalue weighted by Crippen LogP contribution is 2.35. The third kappa shape index (κ3) is 3.78. The highest BCUT2D eigenvalue weighted by molar-refractivity contribution is 5.85. The van der Waals surface area contributed by atoms with Gasteiger partial charge in [-0.2, -0.15) is 8.78 Å². The molecule has 1 atom stereocenters. The number of esters is 1. The fourth-order valence-electron chi connectivity index (χ4n) is 1.47. The number of hydrogen-bond donors (Lipinski definition) is 2. The number of rotatable bonds is 4. The Hall–Kier alpha value is -1.40. The van der Waals surface area contributed by atoms with Gasteiger partial charge in [-0.05, 0) is 19.9 Å². The van der Waals surface area contributed by atoms with E-state index < -0.39 is 17.9 Å². The molecule has 4 nitrogen and oxygen atoms in total. The van der Waals surface area contributed by atoms with Gasteiger partial charge in [0, 0.05) is 5.56 Å². The fourth-order valence-corrected chi connectivity index (χ4v) is 1.47. The van der Waals surface area contributed by atoms with Crippen LogP contribution in [0, 0.1) is 6.92 Å². The number of phenolic OH excluding ortho intramolecular Hbond substituents is 1. The maximum atomic E-state index is 13.7. The van der Waals surface area contributed by atoms with Crippen molar-refractivity contribution in [2.24, 2.45) is 5.73 Å². The minimum atomic E-state index is -3.89. The van der Waals surface area contributed by atoms with Crippen LogP contribution in [0.25, 0.3) is 0 Å². The molecule has 3 N–H and O–H groups in total. The number of benzene rings is 1. The Kier molecular flexibility index (Phi) is 6.18. The van der Waals surface area contributed by atoms with Crippen LogP contribution in [0.3, 0.4) is 0 Å². The van der Waals surface area contributed by atoms with Crippen molar-refractivity contribution in [1.82, 2.24) is 0 Å². The highest BCUT2D eigenvalue weighted by atomic mass is 35.5. The monoisotopic (exact) mass is 295 g/mol. The Morgan fingerprint density at radius 1 is 1.53 bits per heavy atom. The Balaban J connectivity index is 0.00000324.